The predicted molar refractivity (Wildman–Crippen MR) is 115 cm³/mol. The number of rotatable bonds is 6. The highest BCUT2D eigenvalue weighted by Gasteiger charge is 2.48. The lowest BCUT2D eigenvalue weighted by molar-refractivity contribution is -0.916. The Morgan fingerprint density at radius 1 is 1.07 bits per heavy atom. The van der Waals surface area contributed by atoms with Crippen LogP contribution >= 0.6 is 0 Å². The second-order valence-corrected chi connectivity index (χ2v) is 8.03. The van der Waals surface area contributed by atoms with E-state index in [1.165, 1.54) is 0 Å². The molecular weight excluding hydrogens is 346 g/mol. The Balaban J connectivity index is 1.85. The first-order chi connectivity index (χ1) is 13.4. The first-order valence-electron chi connectivity index (χ1n) is 10.0. The summed E-state index contributed by atoms with van der Waals surface area (Å²) in [6.45, 7) is 4.60. The Kier molecular flexibility index (Phi) is 6.28. The lowest BCUT2D eigenvalue weighted by Crippen LogP contribution is -2.61. The van der Waals surface area contributed by atoms with E-state index >= 15 is 0 Å². The van der Waals surface area contributed by atoms with Crippen molar-refractivity contribution >= 4 is 17.9 Å². The predicted octanol–water partition coefficient (Wildman–Crippen LogP) is 4.20. The van der Waals surface area contributed by atoms with E-state index in [-0.39, 0.29) is 5.78 Å². The van der Waals surface area contributed by atoms with E-state index in [1.54, 1.807) is 6.08 Å². The van der Waals surface area contributed by atoms with Crippen LogP contribution in [0.4, 0.5) is 0 Å². The third-order valence-corrected chi connectivity index (χ3v) is 5.99. The smallest absolute Gasteiger partial charge is 0.167 e. The van der Waals surface area contributed by atoms with Gasteiger partial charge in [0.05, 0.1) is 26.7 Å². The van der Waals surface area contributed by atoms with E-state index in [2.05, 4.69) is 14.0 Å². The molecule has 1 aliphatic heterocycles. The minimum absolute atomic E-state index is 0.0124. The Morgan fingerprint density at radius 2 is 1.64 bits per heavy atom. The zero-order valence-corrected chi connectivity index (χ0v) is 16.8. The van der Waals surface area contributed by atoms with Crippen molar-refractivity contribution in [2.45, 2.75) is 18.9 Å². The number of allylic oxidation sites excluding steroid dienone is 1. The molecule has 0 aliphatic carbocycles. The van der Waals surface area contributed by atoms with Gasteiger partial charge >= 0.3 is 0 Å². The summed E-state index contributed by atoms with van der Waals surface area (Å²) >= 11 is 0. The number of piperidine rings is 1. The summed E-state index contributed by atoms with van der Waals surface area (Å²) in [7, 11) is 2.17. The number of likely N-dealkylation sites (tertiary alicyclic amines) is 1. The standard InChI is InChI=1S/C25H30NO2/c1-3-26(2)19-18-25(28,17-16-22-12-8-5-9-13-22)23(20-26)24(27)15-14-21-10-6-4-7-11-21/h4-17,23,28H,3,18-20H2,1-2H3/q+1/b15-14-,17-16-/t23-,25+,26?/m0/s1. The molecule has 146 valence electrons. The lowest BCUT2D eigenvalue weighted by atomic mass is 9.76. The molecule has 0 bridgehead atoms. The van der Waals surface area contributed by atoms with E-state index in [1.807, 2.05) is 78.9 Å². The molecule has 3 rings (SSSR count). The normalized spacial score (nSPS) is 28.0. The maximum absolute atomic E-state index is 13.1. The summed E-state index contributed by atoms with van der Waals surface area (Å²) < 4.78 is 0.803. The largest absolute Gasteiger partial charge is 0.385 e. The molecule has 3 heteroatoms. The molecule has 3 atom stereocenters. The number of ketones is 1. The van der Waals surface area contributed by atoms with E-state index < -0.39 is 11.5 Å². The third kappa shape index (κ3) is 4.86. The van der Waals surface area contributed by atoms with Crippen LogP contribution in [-0.4, -0.2) is 47.7 Å². The number of hydrogen-bond acceptors (Lipinski definition) is 2. The molecule has 1 saturated heterocycles. The lowest BCUT2D eigenvalue weighted by Gasteiger charge is -2.46. The van der Waals surface area contributed by atoms with Gasteiger partial charge in [0.15, 0.2) is 5.78 Å². The van der Waals surface area contributed by atoms with Crippen molar-refractivity contribution in [3.63, 3.8) is 0 Å². The van der Waals surface area contributed by atoms with Gasteiger partial charge in [0, 0.05) is 6.42 Å². The van der Waals surface area contributed by atoms with Crippen LogP contribution in [0.1, 0.15) is 24.5 Å². The molecule has 0 spiro atoms. The molecule has 1 N–H and O–H groups in total. The van der Waals surface area contributed by atoms with Gasteiger partial charge in [-0.3, -0.25) is 4.79 Å². The fourth-order valence-corrected chi connectivity index (χ4v) is 3.80. The number of quaternary nitrogens is 1. The van der Waals surface area contributed by atoms with Crippen molar-refractivity contribution < 1.29 is 14.4 Å². The van der Waals surface area contributed by atoms with Crippen LogP contribution in [0.15, 0.2) is 72.8 Å². The summed E-state index contributed by atoms with van der Waals surface area (Å²) in [6, 6.07) is 19.7. The van der Waals surface area contributed by atoms with Gasteiger partial charge in [0.1, 0.15) is 11.5 Å². The SMILES string of the molecule is CC[N+]1(C)CC[C@](O)(/C=C\c2ccccc2)[C@H](C(=O)/C=C\c2ccccc2)C1. The second-order valence-electron chi connectivity index (χ2n) is 8.03. The van der Waals surface area contributed by atoms with Crippen molar-refractivity contribution in [1.29, 1.82) is 0 Å². The van der Waals surface area contributed by atoms with Gasteiger partial charge in [-0.1, -0.05) is 78.9 Å². The number of nitrogens with zero attached hydrogens (tertiary/aromatic N) is 1. The minimum Gasteiger partial charge on any atom is -0.385 e. The summed E-state index contributed by atoms with van der Waals surface area (Å²) in [5, 5.41) is 11.4. The number of benzene rings is 2. The number of carbonyl (C=O) groups is 1. The first-order valence-corrected chi connectivity index (χ1v) is 10.0. The van der Waals surface area contributed by atoms with Crippen molar-refractivity contribution in [3.8, 4) is 0 Å². The van der Waals surface area contributed by atoms with E-state index in [0.717, 1.165) is 28.7 Å². The summed E-state index contributed by atoms with van der Waals surface area (Å²) in [5.74, 6) is -0.465. The van der Waals surface area contributed by atoms with Gasteiger partial charge in [-0.05, 0) is 24.1 Å². The molecule has 1 heterocycles. The average Bonchev–Trinajstić information content (AvgIpc) is 2.74. The van der Waals surface area contributed by atoms with Gasteiger partial charge in [-0.15, -0.1) is 0 Å². The van der Waals surface area contributed by atoms with Crippen molar-refractivity contribution in [2.75, 3.05) is 26.7 Å². The van der Waals surface area contributed by atoms with Crippen LogP contribution in [-0.2, 0) is 4.79 Å². The molecule has 1 fully saturated rings. The first kappa shape index (κ1) is 20.2. The van der Waals surface area contributed by atoms with Crippen LogP contribution in [0.5, 0.6) is 0 Å². The highest BCUT2D eigenvalue weighted by molar-refractivity contribution is 5.96. The molecule has 28 heavy (non-hydrogen) atoms. The Labute approximate surface area is 168 Å². The molecular formula is C25H30NO2+. The van der Waals surface area contributed by atoms with Gasteiger partial charge in [0.25, 0.3) is 0 Å². The van der Waals surface area contributed by atoms with Gasteiger partial charge in [-0.2, -0.15) is 0 Å². The van der Waals surface area contributed by atoms with Crippen molar-refractivity contribution in [3.05, 3.63) is 83.9 Å². The molecule has 0 amide bonds. The molecule has 0 radical (unpaired) electrons. The van der Waals surface area contributed by atoms with E-state index in [9.17, 15) is 9.90 Å². The van der Waals surface area contributed by atoms with Gasteiger partial charge < -0.3 is 9.59 Å². The average molecular weight is 377 g/mol. The molecule has 0 saturated carbocycles. The van der Waals surface area contributed by atoms with E-state index in [0.29, 0.717) is 13.0 Å². The fourth-order valence-electron chi connectivity index (χ4n) is 3.80. The van der Waals surface area contributed by atoms with Crippen LogP contribution in [0.3, 0.4) is 0 Å². The molecule has 2 aromatic carbocycles. The van der Waals surface area contributed by atoms with E-state index in [4.69, 9.17) is 0 Å². The van der Waals surface area contributed by atoms with Crippen LogP contribution in [0.2, 0.25) is 0 Å². The van der Waals surface area contributed by atoms with Crippen molar-refractivity contribution in [2.24, 2.45) is 5.92 Å². The molecule has 3 nitrogen and oxygen atoms in total. The molecule has 2 aromatic rings. The third-order valence-electron chi connectivity index (χ3n) is 5.99. The number of hydrogen-bond donors (Lipinski definition) is 1. The summed E-state index contributed by atoms with van der Waals surface area (Å²) in [6.07, 6.45) is 7.82. The maximum atomic E-state index is 13.1. The minimum atomic E-state index is -1.12. The molecule has 0 aromatic heterocycles. The fraction of sp³-hybridized carbons (Fsp3) is 0.320. The van der Waals surface area contributed by atoms with Gasteiger partial charge in [-0.25, -0.2) is 0 Å². The topological polar surface area (TPSA) is 37.3 Å². The number of carbonyl (C=O) groups excluding carboxylic acids is 1. The van der Waals surface area contributed by atoms with Crippen LogP contribution in [0.25, 0.3) is 12.2 Å². The second kappa shape index (κ2) is 8.68. The maximum Gasteiger partial charge on any atom is 0.167 e. The van der Waals surface area contributed by atoms with Crippen LogP contribution in [0, 0.1) is 5.92 Å². The van der Waals surface area contributed by atoms with Gasteiger partial charge in [0.2, 0.25) is 0 Å². The monoisotopic (exact) mass is 376 g/mol. The Hall–Kier alpha value is -2.49. The quantitative estimate of drug-likeness (QED) is 0.606. The highest BCUT2D eigenvalue weighted by Crippen LogP contribution is 2.34. The zero-order valence-electron chi connectivity index (χ0n) is 16.8. The number of aliphatic hydroxyl groups is 1. The Bertz CT molecular complexity index is 843. The zero-order chi connectivity index (χ0) is 20.0. The van der Waals surface area contributed by atoms with Crippen molar-refractivity contribution in [1.82, 2.24) is 0 Å². The Morgan fingerprint density at radius 3 is 2.21 bits per heavy atom. The summed E-state index contributed by atoms with van der Waals surface area (Å²) in [4.78, 5) is 13.1. The molecule has 1 unspecified atom stereocenters. The highest BCUT2D eigenvalue weighted by atomic mass is 16.3. The molecule has 1 aliphatic rings. The summed E-state index contributed by atoms with van der Waals surface area (Å²) in [5.41, 5.74) is 0.893. The van der Waals surface area contributed by atoms with Crippen LogP contribution < -0.4 is 0 Å².